The van der Waals surface area contributed by atoms with Gasteiger partial charge in [-0.05, 0) is 24.1 Å². The molecule has 0 unspecified atom stereocenters. The van der Waals surface area contributed by atoms with E-state index in [0.717, 1.165) is 43.0 Å². The van der Waals surface area contributed by atoms with E-state index in [2.05, 4.69) is 11.8 Å². The molecule has 0 aliphatic heterocycles. The molecule has 0 saturated heterocycles. The van der Waals surface area contributed by atoms with Gasteiger partial charge in [-0.1, -0.05) is 13.3 Å². The zero-order valence-corrected chi connectivity index (χ0v) is 14.2. The number of aliphatic hydroxyl groups excluding tert-OH is 1. The molecule has 5 heteroatoms. The molecule has 0 radical (unpaired) electrons. The summed E-state index contributed by atoms with van der Waals surface area (Å²) in [5, 5.41) is 10.1. The largest absolute Gasteiger partial charge is 0.497 e. The van der Waals surface area contributed by atoms with E-state index in [-0.39, 0.29) is 6.10 Å². The first-order valence-electron chi connectivity index (χ1n) is 7.74. The first-order valence-corrected chi connectivity index (χ1v) is 7.74. The summed E-state index contributed by atoms with van der Waals surface area (Å²) in [4.78, 5) is 2.19. The Morgan fingerprint density at radius 2 is 1.73 bits per heavy atom. The lowest BCUT2D eigenvalue weighted by molar-refractivity contribution is 0.0799. The second-order valence-corrected chi connectivity index (χ2v) is 5.39. The van der Waals surface area contributed by atoms with Gasteiger partial charge in [-0.25, -0.2) is 0 Å². The molecule has 0 amide bonds. The number of aliphatic hydroxyl groups is 1. The van der Waals surface area contributed by atoms with Crippen LogP contribution in [0.1, 0.15) is 25.3 Å². The van der Waals surface area contributed by atoms with Gasteiger partial charge in [0.15, 0.2) is 0 Å². The molecule has 1 N–H and O–H groups in total. The number of ether oxygens (including phenoxy) is 3. The predicted octanol–water partition coefficient (Wildman–Crippen LogP) is 2.31. The fraction of sp³-hybridized carbons (Fsp3) is 0.647. The lowest BCUT2D eigenvalue weighted by Crippen LogP contribution is -2.34. The summed E-state index contributed by atoms with van der Waals surface area (Å²) >= 11 is 0. The van der Waals surface area contributed by atoms with Crippen molar-refractivity contribution in [2.24, 2.45) is 0 Å². The highest BCUT2D eigenvalue weighted by molar-refractivity contribution is 5.38. The van der Waals surface area contributed by atoms with Gasteiger partial charge in [0.05, 0.1) is 26.9 Å². The summed E-state index contributed by atoms with van der Waals surface area (Å²) in [5.74, 6) is 1.55. The third-order valence-corrected chi connectivity index (χ3v) is 3.52. The highest BCUT2D eigenvalue weighted by Crippen LogP contribution is 2.23. The van der Waals surface area contributed by atoms with Gasteiger partial charge in [-0.3, -0.25) is 4.90 Å². The van der Waals surface area contributed by atoms with E-state index in [1.807, 2.05) is 18.2 Å². The van der Waals surface area contributed by atoms with Gasteiger partial charge in [-0.2, -0.15) is 0 Å². The van der Waals surface area contributed by atoms with E-state index in [1.54, 1.807) is 21.3 Å². The SMILES string of the molecule is CCC[C@H](O)CN(CCOC)Cc1cc(OC)cc(OC)c1. The number of hydrogen-bond acceptors (Lipinski definition) is 5. The maximum absolute atomic E-state index is 10.1. The molecule has 0 fully saturated rings. The summed E-state index contributed by atoms with van der Waals surface area (Å²) < 4.78 is 15.8. The van der Waals surface area contributed by atoms with Gasteiger partial charge in [0.1, 0.15) is 11.5 Å². The Morgan fingerprint density at radius 3 is 2.23 bits per heavy atom. The lowest BCUT2D eigenvalue weighted by atomic mass is 10.1. The zero-order chi connectivity index (χ0) is 16.4. The third kappa shape index (κ3) is 6.64. The van der Waals surface area contributed by atoms with Gasteiger partial charge >= 0.3 is 0 Å². The summed E-state index contributed by atoms with van der Waals surface area (Å²) in [6, 6.07) is 5.85. The Balaban J connectivity index is 2.78. The van der Waals surface area contributed by atoms with Crippen molar-refractivity contribution in [3.05, 3.63) is 23.8 Å². The Labute approximate surface area is 133 Å². The molecule has 126 valence electrons. The number of hydrogen-bond donors (Lipinski definition) is 1. The van der Waals surface area contributed by atoms with Gasteiger partial charge < -0.3 is 19.3 Å². The minimum atomic E-state index is -0.311. The Morgan fingerprint density at radius 1 is 1.09 bits per heavy atom. The molecule has 5 nitrogen and oxygen atoms in total. The van der Waals surface area contributed by atoms with Gasteiger partial charge in [0.25, 0.3) is 0 Å². The maximum Gasteiger partial charge on any atom is 0.122 e. The summed E-state index contributed by atoms with van der Waals surface area (Å²) in [6.07, 6.45) is 1.48. The quantitative estimate of drug-likeness (QED) is 0.679. The second-order valence-electron chi connectivity index (χ2n) is 5.39. The van der Waals surface area contributed by atoms with Crippen molar-refractivity contribution in [1.29, 1.82) is 0 Å². The smallest absolute Gasteiger partial charge is 0.122 e. The first-order chi connectivity index (χ1) is 10.6. The zero-order valence-electron chi connectivity index (χ0n) is 14.2. The minimum absolute atomic E-state index is 0.311. The first kappa shape index (κ1) is 18.7. The monoisotopic (exact) mass is 311 g/mol. The lowest BCUT2D eigenvalue weighted by Gasteiger charge is -2.25. The van der Waals surface area contributed by atoms with Crippen LogP contribution in [0, 0.1) is 0 Å². The van der Waals surface area contributed by atoms with Crippen molar-refractivity contribution in [3.8, 4) is 11.5 Å². The molecule has 0 spiro atoms. The Hall–Kier alpha value is -1.30. The van der Waals surface area contributed by atoms with Gasteiger partial charge in [0.2, 0.25) is 0 Å². The van der Waals surface area contributed by atoms with Gasteiger partial charge in [0, 0.05) is 32.8 Å². The molecule has 0 heterocycles. The van der Waals surface area contributed by atoms with E-state index in [4.69, 9.17) is 14.2 Å². The Kier molecular flexibility index (Phi) is 8.89. The van der Waals surface area contributed by atoms with Crippen LogP contribution in [0.3, 0.4) is 0 Å². The fourth-order valence-electron chi connectivity index (χ4n) is 2.39. The molecular formula is C17H29NO4. The van der Waals surface area contributed by atoms with Crippen LogP contribution < -0.4 is 9.47 Å². The van der Waals surface area contributed by atoms with Crippen molar-refractivity contribution in [2.75, 3.05) is 41.0 Å². The van der Waals surface area contributed by atoms with E-state index in [9.17, 15) is 5.11 Å². The van der Waals surface area contributed by atoms with Crippen LogP contribution in [0.2, 0.25) is 0 Å². The molecule has 1 rings (SSSR count). The molecule has 1 aromatic rings. The maximum atomic E-state index is 10.1. The summed E-state index contributed by atoms with van der Waals surface area (Å²) in [5.41, 5.74) is 1.09. The molecule has 1 atom stereocenters. The van der Waals surface area contributed by atoms with Crippen LogP contribution in [-0.2, 0) is 11.3 Å². The molecular weight excluding hydrogens is 282 g/mol. The van der Waals surface area contributed by atoms with Crippen LogP contribution >= 0.6 is 0 Å². The Bertz CT molecular complexity index is 403. The van der Waals surface area contributed by atoms with Crippen LogP contribution in [0.5, 0.6) is 11.5 Å². The van der Waals surface area contributed by atoms with Crippen LogP contribution in [0.4, 0.5) is 0 Å². The summed E-state index contributed by atoms with van der Waals surface area (Å²) in [7, 11) is 4.98. The highest BCUT2D eigenvalue weighted by Gasteiger charge is 2.13. The number of methoxy groups -OCH3 is 3. The van der Waals surface area contributed by atoms with E-state index in [1.165, 1.54) is 0 Å². The van der Waals surface area contributed by atoms with Crippen LogP contribution in [0.15, 0.2) is 18.2 Å². The molecule has 0 saturated carbocycles. The molecule has 1 aromatic carbocycles. The molecule has 0 aliphatic carbocycles. The number of nitrogens with zero attached hydrogens (tertiary/aromatic N) is 1. The standard InChI is InChI=1S/C17H29NO4/c1-5-6-15(19)13-18(7-8-20-2)12-14-9-16(21-3)11-17(10-14)22-4/h9-11,15,19H,5-8,12-13H2,1-4H3/t15-/m0/s1. The molecule has 0 aromatic heterocycles. The highest BCUT2D eigenvalue weighted by atomic mass is 16.5. The normalized spacial score (nSPS) is 12.5. The van der Waals surface area contributed by atoms with Gasteiger partial charge in [-0.15, -0.1) is 0 Å². The van der Waals surface area contributed by atoms with E-state index >= 15 is 0 Å². The van der Waals surface area contributed by atoms with E-state index < -0.39 is 0 Å². The van der Waals surface area contributed by atoms with Crippen molar-refractivity contribution in [3.63, 3.8) is 0 Å². The van der Waals surface area contributed by atoms with Crippen molar-refractivity contribution in [1.82, 2.24) is 4.90 Å². The van der Waals surface area contributed by atoms with Crippen LogP contribution in [-0.4, -0.2) is 57.1 Å². The number of rotatable bonds is 11. The molecule has 0 aliphatic rings. The topological polar surface area (TPSA) is 51.2 Å². The van der Waals surface area contributed by atoms with Crippen molar-refractivity contribution in [2.45, 2.75) is 32.4 Å². The average molecular weight is 311 g/mol. The predicted molar refractivity (Wildman–Crippen MR) is 87.6 cm³/mol. The molecule has 22 heavy (non-hydrogen) atoms. The van der Waals surface area contributed by atoms with Crippen molar-refractivity contribution >= 4 is 0 Å². The minimum Gasteiger partial charge on any atom is -0.497 e. The molecule has 0 bridgehead atoms. The van der Waals surface area contributed by atoms with E-state index in [0.29, 0.717) is 13.2 Å². The second kappa shape index (κ2) is 10.4. The summed E-state index contributed by atoms with van der Waals surface area (Å²) in [6.45, 7) is 4.85. The van der Waals surface area contributed by atoms with Crippen LogP contribution in [0.25, 0.3) is 0 Å². The fourth-order valence-corrected chi connectivity index (χ4v) is 2.39. The third-order valence-electron chi connectivity index (χ3n) is 3.52. The average Bonchev–Trinajstić information content (AvgIpc) is 2.52. The number of benzene rings is 1. The van der Waals surface area contributed by atoms with Crippen molar-refractivity contribution < 1.29 is 19.3 Å².